The molecule has 1 atom stereocenters. The van der Waals surface area contributed by atoms with Crippen LogP contribution >= 0.6 is 0 Å². The largest absolute Gasteiger partial charge is 0.497 e. The van der Waals surface area contributed by atoms with E-state index in [-0.39, 0.29) is 12.6 Å². The summed E-state index contributed by atoms with van der Waals surface area (Å²) in [5, 5.41) is 11.8. The number of carboxylic acid groups (broad SMARTS) is 1. The third kappa shape index (κ3) is 3.40. The van der Waals surface area contributed by atoms with Crippen molar-refractivity contribution < 1.29 is 19.4 Å². The minimum atomic E-state index is -0.841. The molecule has 0 aromatic heterocycles. The van der Waals surface area contributed by atoms with Crippen LogP contribution in [0.25, 0.3) is 0 Å². The first-order valence-electron chi connectivity index (χ1n) is 6.53. The van der Waals surface area contributed by atoms with Crippen molar-refractivity contribution in [2.24, 2.45) is 5.92 Å². The van der Waals surface area contributed by atoms with Gasteiger partial charge in [-0.2, -0.15) is 0 Å². The van der Waals surface area contributed by atoms with Crippen molar-refractivity contribution in [2.75, 3.05) is 25.5 Å². The first-order valence-corrected chi connectivity index (χ1v) is 6.53. The molecule has 1 aliphatic heterocycles. The lowest BCUT2D eigenvalue weighted by Gasteiger charge is -2.30. The summed E-state index contributed by atoms with van der Waals surface area (Å²) < 4.78 is 5.04. The summed E-state index contributed by atoms with van der Waals surface area (Å²) in [5.41, 5.74) is 0.660. The second-order valence-electron chi connectivity index (χ2n) is 4.78. The fourth-order valence-electron chi connectivity index (χ4n) is 2.24. The monoisotopic (exact) mass is 278 g/mol. The summed E-state index contributed by atoms with van der Waals surface area (Å²) >= 11 is 0. The fourth-order valence-corrected chi connectivity index (χ4v) is 2.24. The third-order valence-corrected chi connectivity index (χ3v) is 3.40. The zero-order valence-corrected chi connectivity index (χ0v) is 11.3. The molecule has 1 aromatic rings. The second kappa shape index (κ2) is 6.27. The number of nitrogens with zero attached hydrogens (tertiary/aromatic N) is 1. The quantitative estimate of drug-likeness (QED) is 0.886. The van der Waals surface area contributed by atoms with Gasteiger partial charge in [0, 0.05) is 18.8 Å². The molecule has 0 saturated carbocycles. The molecule has 0 bridgehead atoms. The first kappa shape index (κ1) is 14.2. The van der Waals surface area contributed by atoms with Gasteiger partial charge < -0.3 is 20.1 Å². The molecule has 0 radical (unpaired) electrons. The van der Waals surface area contributed by atoms with Gasteiger partial charge in [0.05, 0.1) is 13.0 Å². The van der Waals surface area contributed by atoms with Gasteiger partial charge in [-0.15, -0.1) is 0 Å². The van der Waals surface area contributed by atoms with Crippen LogP contribution in [0.5, 0.6) is 5.75 Å². The van der Waals surface area contributed by atoms with Gasteiger partial charge in [-0.05, 0) is 37.1 Å². The number of nitrogens with one attached hydrogen (secondary N) is 1. The average Bonchev–Trinajstić information content (AvgIpc) is 2.48. The minimum absolute atomic E-state index is 0.261. The fraction of sp³-hybridized carbons (Fsp3) is 0.429. The highest BCUT2D eigenvalue weighted by atomic mass is 16.5. The minimum Gasteiger partial charge on any atom is -0.497 e. The van der Waals surface area contributed by atoms with Crippen molar-refractivity contribution in [3.05, 3.63) is 24.3 Å². The molecule has 1 aliphatic rings. The van der Waals surface area contributed by atoms with Gasteiger partial charge in [0.15, 0.2) is 0 Å². The number of piperidine rings is 1. The lowest BCUT2D eigenvalue weighted by atomic mass is 9.99. The van der Waals surface area contributed by atoms with E-state index in [1.807, 2.05) is 0 Å². The van der Waals surface area contributed by atoms with E-state index in [4.69, 9.17) is 9.84 Å². The molecule has 1 saturated heterocycles. The number of benzene rings is 1. The van der Waals surface area contributed by atoms with Gasteiger partial charge in [-0.1, -0.05) is 0 Å². The van der Waals surface area contributed by atoms with E-state index < -0.39 is 11.9 Å². The summed E-state index contributed by atoms with van der Waals surface area (Å²) in [6.45, 7) is 0.850. The SMILES string of the molecule is COc1ccc(NC(=O)N2CCCC(C(=O)O)C2)cc1. The van der Waals surface area contributed by atoms with E-state index in [9.17, 15) is 9.59 Å². The number of amides is 2. The molecule has 6 heteroatoms. The van der Waals surface area contributed by atoms with E-state index in [0.29, 0.717) is 30.8 Å². The van der Waals surface area contributed by atoms with Crippen molar-refractivity contribution in [3.8, 4) is 5.75 Å². The average molecular weight is 278 g/mol. The highest BCUT2D eigenvalue weighted by Crippen LogP contribution is 2.19. The molecule has 0 aliphatic carbocycles. The highest BCUT2D eigenvalue weighted by molar-refractivity contribution is 5.89. The number of ether oxygens (including phenoxy) is 1. The Bertz CT molecular complexity index is 486. The van der Waals surface area contributed by atoms with Crippen LogP contribution in [0, 0.1) is 5.92 Å². The Labute approximate surface area is 117 Å². The Kier molecular flexibility index (Phi) is 4.45. The number of methoxy groups -OCH3 is 1. The van der Waals surface area contributed by atoms with Crippen LogP contribution in [0.3, 0.4) is 0 Å². The number of rotatable bonds is 3. The molecule has 1 heterocycles. The number of hydrogen-bond donors (Lipinski definition) is 2. The van der Waals surface area contributed by atoms with E-state index in [0.717, 1.165) is 0 Å². The van der Waals surface area contributed by atoms with Crippen LogP contribution in [0.2, 0.25) is 0 Å². The van der Waals surface area contributed by atoms with E-state index in [1.54, 1.807) is 36.3 Å². The van der Waals surface area contributed by atoms with Crippen molar-refractivity contribution in [1.29, 1.82) is 0 Å². The van der Waals surface area contributed by atoms with E-state index in [1.165, 1.54) is 0 Å². The number of anilines is 1. The van der Waals surface area contributed by atoms with Gasteiger partial charge in [-0.25, -0.2) is 4.79 Å². The molecule has 1 aromatic carbocycles. The number of aliphatic carboxylic acids is 1. The van der Waals surface area contributed by atoms with Crippen LogP contribution in [-0.4, -0.2) is 42.2 Å². The lowest BCUT2D eigenvalue weighted by Crippen LogP contribution is -2.44. The Balaban J connectivity index is 1.95. The molecular weight excluding hydrogens is 260 g/mol. The van der Waals surface area contributed by atoms with Crippen LogP contribution in [0.4, 0.5) is 10.5 Å². The molecule has 108 valence electrons. The molecule has 2 N–H and O–H groups in total. The predicted molar refractivity (Wildman–Crippen MR) is 73.9 cm³/mol. The number of carbonyl (C=O) groups excluding carboxylic acids is 1. The van der Waals surface area contributed by atoms with E-state index in [2.05, 4.69) is 5.32 Å². The number of hydrogen-bond acceptors (Lipinski definition) is 3. The molecule has 20 heavy (non-hydrogen) atoms. The number of likely N-dealkylation sites (tertiary alicyclic amines) is 1. The van der Waals surface area contributed by atoms with Crippen LogP contribution in [-0.2, 0) is 4.79 Å². The zero-order chi connectivity index (χ0) is 14.5. The zero-order valence-electron chi connectivity index (χ0n) is 11.3. The lowest BCUT2D eigenvalue weighted by molar-refractivity contribution is -0.143. The van der Waals surface area contributed by atoms with Gasteiger partial charge >= 0.3 is 12.0 Å². The maximum absolute atomic E-state index is 12.1. The van der Waals surface area contributed by atoms with Crippen LogP contribution in [0.1, 0.15) is 12.8 Å². The van der Waals surface area contributed by atoms with E-state index >= 15 is 0 Å². The summed E-state index contributed by atoms with van der Waals surface area (Å²) in [6, 6.07) is 6.74. The maximum Gasteiger partial charge on any atom is 0.321 e. The van der Waals surface area contributed by atoms with Gasteiger partial charge in [0.2, 0.25) is 0 Å². The predicted octanol–water partition coefficient (Wildman–Crippen LogP) is 2.02. The topological polar surface area (TPSA) is 78.9 Å². The smallest absolute Gasteiger partial charge is 0.321 e. The Morgan fingerprint density at radius 2 is 2.05 bits per heavy atom. The Hall–Kier alpha value is -2.24. The van der Waals surface area contributed by atoms with Gasteiger partial charge in [-0.3, -0.25) is 4.79 Å². The van der Waals surface area contributed by atoms with Crippen LogP contribution < -0.4 is 10.1 Å². The van der Waals surface area contributed by atoms with Crippen molar-refractivity contribution in [2.45, 2.75) is 12.8 Å². The molecule has 0 spiro atoms. The number of carboxylic acids is 1. The third-order valence-electron chi connectivity index (χ3n) is 3.40. The van der Waals surface area contributed by atoms with Crippen molar-refractivity contribution in [1.82, 2.24) is 4.90 Å². The maximum atomic E-state index is 12.1. The van der Waals surface area contributed by atoms with Gasteiger partial charge in [0.1, 0.15) is 5.75 Å². The normalized spacial score (nSPS) is 18.4. The summed E-state index contributed by atoms with van der Waals surface area (Å²) in [6.07, 6.45) is 1.34. The number of urea groups is 1. The second-order valence-corrected chi connectivity index (χ2v) is 4.78. The molecular formula is C14H18N2O4. The molecule has 2 amide bonds. The standard InChI is InChI=1S/C14H18N2O4/c1-20-12-6-4-11(5-7-12)15-14(19)16-8-2-3-10(9-16)13(17)18/h4-7,10H,2-3,8-9H2,1H3,(H,15,19)(H,17,18). The molecule has 1 fully saturated rings. The summed E-state index contributed by atoms with van der Waals surface area (Å²) in [7, 11) is 1.58. The molecule has 2 rings (SSSR count). The summed E-state index contributed by atoms with van der Waals surface area (Å²) in [4.78, 5) is 24.6. The van der Waals surface area contributed by atoms with Gasteiger partial charge in [0.25, 0.3) is 0 Å². The Morgan fingerprint density at radius 3 is 2.65 bits per heavy atom. The highest BCUT2D eigenvalue weighted by Gasteiger charge is 2.28. The summed E-state index contributed by atoms with van der Waals surface area (Å²) in [5.74, 6) is -0.593. The van der Waals surface area contributed by atoms with Crippen LogP contribution in [0.15, 0.2) is 24.3 Å². The number of carbonyl (C=O) groups is 2. The molecule has 6 nitrogen and oxygen atoms in total. The van der Waals surface area contributed by atoms with Crippen molar-refractivity contribution >= 4 is 17.7 Å². The van der Waals surface area contributed by atoms with Crippen molar-refractivity contribution in [3.63, 3.8) is 0 Å². The molecule has 1 unspecified atom stereocenters. The Morgan fingerprint density at radius 1 is 1.35 bits per heavy atom. The first-order chi connectivity index (χ1) is 9.60.